The van der Waals surface area contributed by atoms with Gasteiger partial charge in [0.25, 0.3) is 5.91 Å². The molecule has 0 bridgehead atoms. The van der Waals surface area contributed by atoms with Gasteiger partial charge in [0.15, 0.2) is 9.84 Å². The predicted octanol–water partition coefficient (Wildman–Crippen LogP) is 0.828. The van der Waals surface area contributed by atoms with E-state index >= 15 is 0 Å². The fourth-order valence-corrected chi connectivity index (χ4v) is 2.92. The van der Waals surface area contributed by atoms with Crippen molar-refractivity contribution in [3.05, 3.63) is 34.9 Å². The lowest BCUT2D eigenvalue weighted by molar-refractivity contribution is -0.116. The van der Waals surface area contributed by atoms with Crippen molar-refractivity contribution in [2.75, 3.05) is 6.26 Å². The molecule has 1 aromatic carbocycles. The number of aryl methyl sites for hydroxylation is 1. The van der Waals surface area contributed by atoms with Crippen LogP contribution in [0.25, 0.3) is 6.08 Å². The number of nitrogens with zero attached hydrogens (tertiary/aromatic N) is 1. The molecular weight excluding hydrogens is 290 g/mol. The molecule has 0 spiro atoms. The summed E-state index contributed by atoms with van der Waals surface area (Å²) in [7, 11) is -3.27. The highest BCUT2D eigenvalue weighted by atomic mass is 32.2. The standard InChI is InChI=1S/C14H17N3O3S/c1-21(19,20)13-6-5-10-3-2-4-11(7-12(10)8-13)14(18)16-9-17-15/h5-9H,2-4,15H2,1H3,(H,16,17,18). The van der Waals surface area contributed by atoms with Gasteiger partial charge in [0.2, 0.25) is 0 Å². The third-order valence-electron chi connectivity index (χ3n) is 3.33. The third-order valence-corrected chi connectivity index (χ3v) is 4.44. The molecule has 0 saturated carbocycles. The van der Waals surface area contributed by atoms with Crippen molar-refractivity contribution in [3.8, 4) is 0 Å². The first-order valence-electron chi connectivity index (χ1n) is 6.48. The second-order valence-electron chi connectivity index (χ2n) is 4.91. The van der Waals surface area contributed by atoms with E-state index in [1.165, 1.54) is 6.26 Å². The van der Waals surface area contributed by atoms with Gasteiger partial charge >= 0.3 is 0 Å². The van der Waals surface area contributed by atoms with Crippen molar-refractivity contribution in [2.45, 2.75) is 24.2 Å². The molecule has 1 aliphatic rings. The van der Waals surface area contributed by atoms with Gasteiger partial charge in [-0.15, -0.1) is 0 Å². The van der Waals surface area contributed by atoms with Crippen molar-refractivity contribution in [2.24, 2.45) is 10.9 Å². The van der Waals surface area contributed by atoms with Gasteiger partial charge in [0.1, 0.15) is 6.34 Å². The summed E-state index contributed by atoms with van der Waals surface area (Å²) in [4.78, 5) is 12.2. The number of carbonyl (C=O) groups excluding carboxylic acids is 1. The van der Waals surface area contributed by atoms with Gasteiger partial charge in [0.05, 0.1) is 4.90 Å². The molecule has 3 N–H and O–H groups in total. The van der Waals surface area contributed by atoms with E-state index in [0.29, 0.717) is 12.0 Å². The van der Waals surface area contributed by atoms with E-state index in [4.69, 9.17) is 5.84 Å². The highest BCUT2D eigenvalue weighted by Crippen LogP contribution is 2.25. The van der Waals surface area contributed by atoms with Crippen molar-refractivity contribution in [3.63, 3.8) is 0 Å². The quantitative estimate of drug-likeness (QED) is 0.374. The molecule has 1 aromatic rings. The van der Waals surface area contributed by atoms with E-state index in [1.54, 1.807) is 18.2 Å². The van der Waals surface area contributed by atoms with Crippen LogP contribution in [0.5, 0.6) is 0 Å². The number of fused-ring (bicyclic) bond motifs is 1. The summed E-state index contributed by atoms with van der Waals surface area (Å²) in [5.74, 6) is 4.67. The van der Waals surface area contributed by atoms with E-state index < -0.39 is 9.84 Å². The number of hydrogen-bond acceptors (Lipinski definition) is 5. The highest BCUT2D eigenvalue weighted by molar-refractivity contribution is 7.90. The second-order valence-corrected chi connectivity index (χ2v) is 6.92. The van der Waals surface area contributed by atoms with Crippen LogP contribution in [0.1, 0.15) is 24.0 Å². The number of rotatable bonds is 3. The number of nitrogens with one attached hydrogen (secondary N) is 1. The molecule has 0 radical (unpaired) electrons. The van der Waals surface area contributed by atoms with Gasteiger partial charge in [-0.25, -0.2) is 8.42 Å². The maximum absolute atomic E-state index is 12.0. The van der Waals surface area contributed by atoms with Crippen LogP contribution in [0, 0.1) is 0 Å². The average molecular weight is 307 g/mol. The monoisotopic (exact) mass is 307 g/mol. The number of nitrogens with two attached hydrogens (primary N) is 1. The van der Waals surface area contributed by atoms with Gasteiger partial charge < -0.3 is 11.2 Å². The molecule has 0 heterocycles. The molecule has 2 rings (SSSR count). The largest absolute Gasteiger partial charge is 0.322 e. The van der Waals surface area contributed by atoms with Crippen molar-refractivity contribution in [1.29, 1.82) is 0 Å². The number of sulfone groups is 1. The Balaban J connectivity index is 2.42. The van der Waals surface area contributed by atoms with E-state index in [-0.39, 0.29) is 10.8 Å². The molecule has 6 nitrogen and oxygen atoms in total. The van der Waals surface area contributed by atoms with E-state index in [1.807, 2.05) is 6.07 Å². The van der Waals surface area contributed by atoms with Crippen LogP contribution >= 0.6 is 0 Å². The lowest BCUT2D eigenvalue weighted by atomic mass is 10.0. The molecule has 0 aliphatic heterocycles. The molecule has 112 valence electrons. The van der Waals surface area contributed by atoms with Crippen LogP contribution in [0.3, 0.4) is 0 Å². The maximum Gasteiger partial charge on any atom is 0.252 e. The van der Waals surface area contributed by atoms with Crippen LogP contribution in [-0.4, -0.2) is 26.9 Å². The third kappa shape index (κ3) is 3.69. The van der Waals surface area contributed by atoms with Crippen molar-refractivity contribution >= 4 is 28.2 Å². The van der Waals surface area contributed by atoms with E-state index in [0.717, 1.165) is 30.3 Å². The summed E-state index contributed by atoms with van der Waals surface area (Å²) in [6.07, 6.45) is 6.27. The lowest BCUT2D eigenvalue weighted by Crippen LogP contribution is -2.23. The molecule has 0 saturated heterocycles. The fraction of sp³-hybridized carbons (Fsp3) is 0.286. The molecule has 7 heteroatoms. The Bertz CT molecular complexity index is 721. The highest BCUT2D eigenvalue weighted by Gasteiger charge is 2.16. The molecule has 0 aromatic heterocycles. The Morgan fingerprint density at radius 1 is 1.38 bits per heavy atom. The fourth-order valence-electron chi connectivity index (χ4n) is 2.26. The van der Waals surface area contributed by atoms with Crippen molar-refractivity contribution in [1.82, 2.24) is 5.32 Å². The smallest absolute Gasteiger partial charge is 0.252 e. The van der Waals surface area contributed by atoms with Gasteiger partial charge in [0, 0.05) is 11.8 Å². The summed E-state index contributed by atoms with van der Waals surface area (Å²) in [6, 6.07) is 5.03. The minimum absolute atomic E-state index is 0.252. The zero-order valence-electron chi connectivity index (χ0n) is 11.7. The number of amides is 1. The number of benzene rings is 1. The number of hydrogen-bond donors (Lipinski definition) is 2. The van der Waals surface area contributed by atoms with Gasteiger partial charge in [-0.2, -0.15) is 5.10 Å². The molecule has 21 heavy (non-hydrogen) atoms. The predicted molar refractivity (Wildman–Crippen MR) is 81.3 cm³/mol. The molecule has 0 unspecified atom stereocenters. The molecule has 0 atom stereocenters. The second kappa shape index (κ2) is 6.09. The maximum atomic E-state index is 12.0. The van der Waals surface area contributed by atoms with Gasteiger partial charge in [-0.05, 0) is 48.6 Å². The zero-order chi connectivity index (χ0) is 15.5. The molecule has 1 aliphatic carbocycles. The van der Waals surface area contributed by atoms with Crippen molar-refractivity contribution < 1.29 is 13.2 Å². The van der Waals surface area contributed by atoms with Crippen LogP contribution in [0.15, 0.2) is 33.8 Å². The first-order chi connectivity index (χ1) is 9.91. The van der Waals surface area contributed by atoms with Gasteiger partial charge in [-0.3, -0.25) is 4.79 Å². The number of carbonyl (C=O) groups is 1. The molecule has 1 amide bonds. The summed E-state index contributed by atoms with van der Waals surface area (Å²) in [5, 5.41) is 5.68. The SMILES string of the molecule is CS(=O)(=O)c1ccc2c(c1)C=C(C(=O)NC=NN)CCC2. The van der Waals surface area contributed by atoms with Crippen LogP contribution < -0.4 is 11.2 Å². The summed E-state index contributed by atoms with van der Waals surface area (Å²) in [6.45, 7) is 0. The van der Waals surface area contributed by atoms with Crippen LogP contribution in [0.2, 0.25) is 0 Å². The lowest BCUT2D eigenvalue weighted by Gasteiger charge is -2.06. The molecular formula is C14H17N3O3S. The molecule has 0 fully saturated rings. The first-order valence-corrected chi connectivity index (χ1v) is 8.37. The van der Waals surface area contributed by atoms with Gasteiger partial charge in [-0.1, -0.05) is 6.07 Å². The Kier molecular flexibility index (Phi) is 4.42. The summed E-state index contributed by atoms with van der Waals surface area (Å²) in [5.41, 5.74) is 2.39. The minimum atomic E-state index is -3.27. The Morgan fingerprint density at radius 3 is 2.81 bits per heavy atom. The van der Waals surface area contributed by atoms with Crippen LogP contribution in [0.4, 0.5) is 0 Å². The normalized spacial score (nSPS) is 15.2. The van der Waals surface area contributed by atoms with Crippen LogP contribution in [-0.2, 0) is 21.1 Å². The van der Waals surface area contributed by atoms with E-state index in [2.05, 4.69) is 10.4 Å². The summed E-state index contributed by atoms with van der Waals surface area (Å²) < 4.78 is 23.3. The number of hydrazone groups is 1. The topological polar surface area (TPSA) is 102 Å². The van der Waals surface area contributed by atoms with E-state index in [9.17, 15) is 13.2 Å². The first kappa shape index (κ1) is 15.2. The average Bonchev–Trinajstić information content (AvgIpc) is 2.65. The Hall–Kier alpha value is -2.15. The Labute approximate surface area is 123 Å². The zero-order valence-corrected chi connectivity index (χ0v) is 12.5. The Morgan fingerprint density at radius 2 is 2.14 bits per heavy atom. The minimum Gasteiger partial charge on any atom is -0.322 e. The summed E-state index contributed by atoms with van der Waals surface area (Å²) >= 11 is 0.